The van der Waals surface area contributed by atoms with E-state index in [1.165, 1.54) is 24.3 Å². The Morgan fingerprint density at radius 1 is 0.615 bits per heavy atom. The van der Waals surface area contributed by atoms with Crippen LogP contribution >= 0.6 is 0 Å². The van der Waals surface area contributed by atoms with Gasteiger partial charge in [-0.1, -0.05) is 63.2 Å². The Balaban J connectivity index is 1.09. The molecular formula is C58H84N12O26. The van der Waals surface area contributed by atoms with Crippen LogP contribution in [0.4, 0.5) is 0 Å². The fraction of sp³-hybridized carbons (Fsp3) is 0.638. The van der Waals surface area contributed by atoms with Crippen molar-refractivity contribution in [3.05, 3.63) is 65.7 Å². The molecule has 6 aliphatic heterocycles. The van der Waals surface area contributed by atoms with Gasteiger partial charge in [0.2, 0.25) is 41.7 Å². The summed E-state index contributed by atoms with van der Waals surface area (Å²) in [5.74, 6) is -10.2. The maximum atomic E-state index is 15.1. The molecule has 0 unspecified atom stereocenters. The highest BCUT2D eigenvalue weighted by Crippen LogP contribution is 2.33. The van der Waals surface area contributed by atoms with Gasteiger partial charge in [-0.05, 0) is 29.2 Å². The van der Waals surface area contributed by atoms with Crippen LogP contribution in [0.5, 0.6) is 5.75 Å². The van der Waals surface area contributed by atoms with Crippen molar-refractivity contribution in [2.75, 3.05) is 39.5 Å². The number of nitrogens with two attached hydrogens (primary N) is 2. The fourth-order valence-electron chi connectivity index (χ4n) is 11.6. The third-order valence-electron chi connectivity index (χ3n) is 17.0. The van der Waals surface area contributed by atoms with Gasteiger partial charge in [0, 0.05) is 18.8 Å². The first kappa shape index (κ1) is 74.2. The number of hydrogen-bond acceptors (Lipinski definition) is 32. The minimum Gasteiger partial charge on any atom is -0.462 e. The highest BCUT2D eigenvalue weighted by Gasteiger charge is 2.55. The molecule has 25 atom stereocenters. The Morgan fingerprint density at radius 2 is 1.23 bits per heavy atom. The summed E-state index contributed by atoms with van der Waals surface area (Å²) in [7, 11) is 0. The number of aliphatic hydroxyl groups excluding tert-OH is 13. The van der Waals surface area contributed by atoms with Crippen molar-refractivity contribution in [3.8, 4) is 5.75 Å². The molecule has 6 aliphatic rings. The monoisotopic (exact) mass is 1360 g/mol. The first-order chi connectivity index (χ1) is 45.5. The van der Waals surface area contributed by atoms with Gasteiger partial charge in [0.05, 0.1) is 51.5 Å². The summed E-state index contributed by atoms with van der Waals surface area (Å²) in [5, 5.41) is 159. The molecule has 532 valence electrons. The molecule has 8 rings (SSSR count). The van der Waals surface area contributed by atoms with E-state index in [0.717, 1.165) is 4.90 Å². The summed E-state index contributed by atoms with van der Waals surface area (Å²) in [6.45, 7) is 0.248. The molecule has 0 spiro atoms. The summed E-state index contributed by atoms with van der Waals surface area (Å²) in [5.41, 5.74) is 12.8. The van der Waals surface area contributed by atoms with E-state index >= 15 is 9.59 Å². The minimum absolute atomic E-state index is 0.0886. The largest absolute Gasteiger partial charge is 0.462 e. The van der Waals surface area contributed by atoms with Crippen LogP contribution in [-0.2, 0) is 63.7 Å². The number of aliphatic imine (C=N–C) groups is 2. The number of rotatable bonds is 19. The zero-order valence-electron chi connectivity index (χ0n) is 52.0. The zero-order valence-corrected chi connectivity index (χ0v) is 52.0. The summed E-state index contributed by atoms with van der Waals surface area (Å²) in [6.07, 6.45) is -33.1. The molecule has 2 aromatic carbocycles. The number of nitrogens with zero attached hydrogens (tertiary/aromatic N) is 3. The molecule has 24 N–H and O–H groups in total. The number of hydrogen-bond donors (Lipinski definition) is 22. The van der Waals surface area contributed by atoms with E-state index in [9.17, 15) is 90.4 Å². The third kappa shape index (κ3) is 17.2. The lowest BCUT2D eigenvalue weighted by Crippen LogP contribution is -2.70. The molecule has 96 heavy (non-hydrogen) atoms. The highest BCUT2D eigenvalue weighted by molar-refractivity contribution is 5.98. The standard InChI is InChI=1S/C58H84N12O26/c1-21(2)13-33(75)94-47-41(80)39(78)30(19-72)92-56(47)95-46-31(20-73)93-55(45(84)42(46)81)91-25-11-9-23(10-12-25)14-26-49(86)68-35(37(76)27-15-62-57(59)66-27)52(89)69-36(38(77)29-16-63-58(60)70(29)53-43(82)40(79)44(83)54(90)96-53)51(88)65-28(18-71)48(85)61-17-32(74)67-34(50(87)64-26)22(3)24-7-5-4-6-8-24/h4-12,21-22,26-31,34-47,53-56,71-73,76-84,90H,13-20H2,1-3H3,(H2,60,63)(H,61,85)(H,64,87)(H,65,88)(H,67,74)(H,68,86)(H,69,89)(H3,59,62,66)/t22-,26+,27-,28-,29-,30+,31+,34-,35-,36+,37-,38-,39+,40+,41-,42+,43-,44-,45-,46+,47-,53-,54-,55-,56+/m0/s1. The molecule has 4 saturated heterocycles. The predicted octanol–water partition coefficient (Wildman–Crippen LogP) is -12.1. The van der Waals surface area contributed by atoms with Gasteiger partial charge in [-0.3, -0.25) is 43.5 Å². The maximum absolute atomic E-state index is 15.1. The van der Waals surface area contributed by atoms with Crippen LogP contribution in [0.25, 0.3) is 0 Å². The van der Waals surface area contributed by atoms with Crippen LogP contribution in [0, 0.1) is 5.92 Å². The van der Waals surface area contributed by atoms with Gasteiger partial charge in [-0.15, -0.1) is 0 Å². The first-order valence-corrected chi connectivity index (χ1v) is 30.7. The molecule has 0 bridgehead atoms. The molecule has 38 nitrogen and oxygen atoms in total. The molecule has 6 amide bonds. The quantitative estimate of drug-likeness (QED) is 0.0581. The van der Waals surface area contributed by atoms with Crippen molar-refractivity contribution < 1.29 is 128 Å². The second-order valence-corrected chi connectivity index (χ2v) is 24.3. The topological polar surface area (TPSA) is 602 Å². The second kappa shape index (κ2) is 32.6. The Morgan fingerprint density at radius 3 is 1.86 bits per heavy atom. The van der Waals surface area contributed by atoms with E-state index in [4.69, 9.17) is 39.9 Å². The van der Waals surface area contributed by atoms with E-state index in [-0.39, 0.29) is 36.2 Å². The van der Waals surface area contributed by atoms with E-state index in [1.54, 1.807) is 51.1 Å². The normalized spacial score (nSPS) is 36.2. The summed E-state index contributed by atoms with van der Waals surface area (Å²) < 4.78 is 34.1. The van der Waals surface area contributed by atoms with Gasteiger partial charge in [0.15, 0.2) is 36.8 Å². The zero-order chi connectivity index (χ0) is 70.1. The number of carbonyl (C=O) groups is 7. The van der Waals surface area contributed by atoms with Crippen LogP contribution in [-0.4, -0.2) is 311 Å². The van der Waals surface area contributed by atoms with Gasteiger partial charge in [0.1, 0.15) is 109 Å². The Kier molecular flexibility index (Phi) is 25.2. The van der Waals surface area contributed by atoms with Crippen molar-refractivity contribution >= 4 is 53.3 Å². The molecule has 2 aromatic rings. The minimum atomic E-state index is -2.37. The number of esters is 1. The van der Waals surface area contributed by atoms with Crippen molar-refractivity contribution in [2.24, 2.45) is 27.4 Å². The highest BCUT2D eigenvalue weighted by atomic mass is 16.8. The number of carbonyl (C=O) groups excluding carboxylic acids is 7. The molecule has 38 heteroatoms. The third-order valence-corrected chi connectivity index (χ3v) is 17.0. The number of nitrogens with one attached hydrogen (secondary N) is 7. The van der Waals surface area contributed by atoms with Gasteiger partial charge in [-0.25, -0.2) is 0 Å². The van der Waals surface area contributed by atoms with Gasteiger partial charge in [-0.2, -0.15) is 0 Å². The van der Waals surface area contributed by atoms with Crippen LogP contribution in [0.3, 0.4) is 0 Å². The smallest absolute Gasteiger partial charge is 0.306 e. The van der Waals surface area contributed by atoms with Crippen molar-refractivity contribution in [1.82, 2.24) is 42.1 Å². The Labute approximate surface area is 546 Å². The SMILES string of the molecule is CC(C)CC(=O)O[C@@H]1[C@@H](O[C@H]2[C@H](O)[C@H](O)[C@@H](Oc3ccc(C[C@H]4NC(=O)[C@H]([C@@H](C)c5ccccc5)NC(=O)CNC(=O)[C@H](CO)NC(=O)[C@@H]([C@@H](O)[C@@H]5CN=C(N)N5[C@H]5O[C@H](O)[C@@H](O)[C@H](O)[C@@H]5O)NC(=O)[C@H]([C@@H](O)[C@@H]5CN=C(N)N5)NC4=O)cc3)O[C@@H]2CO)O[C@H](CO)[C@@H](O)[C@@H]1O. The molecule has 0 radical (unpaired) electrons. The first-order valence-electron chi connectivity index (χ1n) is 30.7. The van der Waals surface area contributed by atoms with Crippen molar-refractivity contribution in [3.63, 3.8) is 0 Å². The van der Waals surface area contributed by atoms with Gasteiger partial charge >= 0.3 is 5.97 Å². The fourth-order valence-corrected chi connectivity index (χ4v) is 11.6. The lowest BCUT2D eigenvalue weighted by Gasteiger charge is -2.46. The van der Waals surface area contributed by atoms with Crippen molar-refractivity contribution in [1.29, 1.82) is 0 Å². The Hall–Kier alpha value is -7.61. The molecule has 6 heterocycles. The summed E-state index contributed by atoms with van der Waals surface area (Å²) >= 11 is 0. The molecular weight excluding hydrogens is 1280 g/mol. The number of amides is 6. The molecule has 0 aliphatic carbocycles. The maximum Gasteiger partial charge on any atom is 0.306 e. The molecule has 4 fully saturated rings. The van der Waals surface area contributed by atoms with Crippen LogP contribution in [0.15, 0.2) is 64.6 Å². The number of guanidine groups is 2. The van der Waals surface area contributed by atoms with Crippen molar-refractivity contribution in [2.45, 2.75) is 186 Å². The lowest BCUT2D eigenvalue weighted by molar-refractivity contribution is -0.353. The van der Waals surface area contributed by atoms with E-state index < -0.39 is 239 Å². The lowest BCUT2D eigenvalue weighted by atomic mass is 9.92. The van der Waals surface area contributed by atoms with E-state index in [0.29, 0.717) is 5.56 Å². The second-order valence-electron chi connectivity index (χ2n) is 24.3. The van der Waals surface area contributed by atoms with Crippen LogP contribution in [0.1, 0.15) is 44.2 Å². The van der Waals surface area contributed by atoms with Crippen LogP contribution < -0.4 is 53.4 Å². The number of ether oxygens (including phenoxy) is 6. The average molecular weight is 1370 g/mol. The number of benzene rings is 2. The Bertz CT molecular complexity index is 3090. The summed E-state index contributed by atoms with van der Waals surface area (Å²) in [6, 6.07) is 0.653. The van der Waals surface area contributed by atoms with Crippen LogP contribution in [0.2, 0.25) is 0 Å². The van der Waals surface area contributed by atoms with E-state index in [1.807, 2.05) is 0 Å². The number of aliphatic hydroxyl groups is 13. The molecule has 0 aromatic heterocycles. The van der Waals surface area contributed by atoms with Gasteiger partial charge < -0.3 is 148 Å². The molecule has 0 saturated carbocycles. The van der Waals surface area contributed by atoms with E-state index in [2.05, 4.69) is 47.2 Å². The average Bonchev–Trinajstić information content (AvgIpc) is 1.49. The summed E-state index contributed by atoms with van der Waals surface area (Å²) in [4.78, 5) is 109. The van der Waals surface area contributed by atoms with Gasteiger partial charge in [0.25, 0.3) is 0 Å². The predicted molar refractivity (Wildman–Crippen MR) is 322 cm³/mol.